The first-order valence-electron chi connectivity index (χ1n) is 6.46. The number of rotatable bonds is 6. The summed E-state index contributed by atoms with van der Waals surface area (Å²) in [6.07, 6.45) is 0.926. The highest BCUT2D eigenvalue weighted by molar-refractivity contribution is 9.11. The quantitative estimate of drug-likeness (QED) is 0.784. The van der Waals surface area contributed by atoms with Gasteiger partial charge in [0.05, 0.1) is 18.2 Å². The highest BCUT2D eigenvalue weighted by atomic mass is 79.9. The minimum Gasteiger partial charge on any atom is -0.495 e. The molecule has 1 unspecified atom stereocenters. The highest BCUT2D eigenvalue weighted by Gasteiger charge is 2.34. The van der Waals surface area contributed by atoms with Crippen LogP contribution in [0.15, 0.2) is 21.1 Å². The molecule has 6 heteroatoms. The lowest BCUT2D eigenvalue weighted by Gasteiger charge is -2.26. The molecular weight excluding hydrogens is 390 g/mol. The Morgan fingerprint density at radius 1 is 1.35 bits per heavy atom. The number of methoxy groups -OCH3 is 2. The van der Waals surface area contributed by atoms with Crippen LogP contribution in [0.3, 0.4) is 0 Å². The lowest BCUT2D eigenvalue weighted by Crippen LogP contribution is -2.42. The Bertz CT molecular complexity index is 462. The molecule has 0 aliphatic carbocycles. The van der Waals surface area contributed by atoms with Crippen LogP contribution < -0.4 is 10.1 Å². The minimum atomic E-state index is -0.198. The predicted octanol–water partition coefficient (Wildman–Crippen LogP) is 3.12. The molecule has 2 rings (SSSR count). The maximum Gasteiger partial charge on any atom is 0.137 e. The van der Waals surface area contributed by atoms with Crippen molar-refractivity contribution in [2.24, 2.45) is 0 Å². The topological polar surface area (TPSA) is 39.7 Å². The summed E-state index contributed by atoms with van der Waals surface area (Å²) in [7, 11) is 3.42. The lowest BCUT2D eigenvalue weighted by atomic mass is 10.0. The first kappa shape index (κ1) is 16.2. The first-order valence-corrected chi connectivity index (χ1v) is 8.04. The van der Waals surface area contributed by atoms with E-state index in [1.165, 1.54) is 0 Å². The molecule has 1 heterocycles. The minimum absolute atomic E-state index is 0.198. The van der Waals surface area contributed by atoms with Crippen molar-refractivity contribution < 1.29 is 14.2 Å². The summed E-state index contributed by atoms with van der Waals surface area (Å²) >= 11 is 7.01. The summed E-state index contributed by atoms with van der Waals surface area (Å²) in [4.78, 5) is 0. The smallest absolute Gasteiger partial charge is 0.137 e. The Labute approximate surface area is 136 Å². The molecule has 4 nitrogen and oxygen atoms in total. The van der Waals surface area contributed by atoms with E-state index in [4.69, 9.17) is 14.2 Å². The van der Waals surface area contributed by atoms with E-state index in [9.17, 15) is 0 Å². The average Bonchev–Trinajstić information content (AvgIpc) is 2.88. The molecule has 1 saturated heterocycles. The van der Waals surface area contributed by atoms with Crippen LogP contribution in [0.25, 0.3) is 0 Å². The SMILES string of the molecule is COc1c(Br)cc(Br)cc1CNCC1(OC)CCOC1. The molecular formula is C14H19Br2NO3. The van der Waals surface area contributed by atoms with Crippen molar-refractivity contribution in [3.05, 3.63) is 26.6 Å². The molecule has 0 amide bonds. The Hall–Kier alpha value is -0.140. The Balaban J connectivity index is 2.00. The van der Waals surface area contributed by atoms with Crippen LogP contribution in [0.4, 0.5) is 0 Å². The maximum absolute atomic E-state index is 5.60. The van der Waals surface area contributed by atoms with Crippen LogP contribution in [-0.2, 0) is 16.0 Å². The number of hydrogen-bond acceptors (Lipinski definition) is 4. The second-order valence-electron chi connectivity index (χ2n) is 4.87. The van der Waals surface area contributed by atoms with Gasteiger partial charge in [-0.05, 0) is 28.1 Å². The van der Waals surface area contributed by atoms with Crippen LogP contribution in [0, 0.1) is 0 Å². The molecule has 0 spiro atoms. The fourth-order valence-corrected chi connectivity index (χ4v) is 3.84. The van der Waals surface area contributed by atoms with Gasteiger partial charge in [0.2, 0.25) is 0 Å². The van der Waals surface area contributed by atoms with E-state index in [0.717, 1.165) is 39.8 Å². The van der Waals surface area contributed by atoms with Crippen molar-refractivity contribution in [3.8, 4) is 5.75 Å². The lowest BCUT2D eigenvalue weighted by molar-refractivity contribution is -0.0159. The van der Waals surface area contributed by atoms with Gasteiger partial charge in [0.25, 0.3) is 0 Å². The largest absolute Gasteiger partial charge is 0.495 e. The maximum atomic E-state index is 5.60. The Kier molecular flexibility index (Phi) is 5.86. The summed E-state index contributed by atoms with van der Waals surface area (Å²) in [6.45, 7) is 2.89. The van der Waals surface area contributed by atoms with Gasteiger partial charge in [0.1, 0.15) is 11.4 Å². The molecule has 1 aliphatic heterocycles. The molecule has 20 heavy (non-hydrogen) atoms. The Morgan fingerprint density at radius 3 is 2.75 bits per heavy atom. The molecule has 0 aromatic heterocycles. The third-order valence-electron chi connectivity index (χ3n) is 3.55. The van der Waals surface area contributed by atoms with E-state index < -0.39 is 0 Å². The van der Waals surface area contributed by atoms with Gasteiger partial charge in [-0.3, -0.25) is 0 Å². The molecule has 0 radical (unpaired) electrons. The predicted molar refractivity (Wildman–Crippen MR) is 85.3 cm³/mol. The van der Waals surface area contributed by atoms with Crippen LogP contribution in [0.2, 0.25) is 0 Å². The van der Waals surface area contributed by atoms with E-state index in [-0.39, 0.29) is 5.60 Å². The molecule has 112 valence electrons. The number of halogens is 2. The molecule has 0 bridgehead atoms. The van der Waals surface area contributed by atoms with Gasteiger partial charge < -0.3 is 19.5 Å². The van der Waals surface area contributed by atoms with Crippen molar-refractivity contribution in [3.63, 3.8) is 0 Å². The molecule has 1 atom stereocenters. The van der Waals surface area contributed by atoms with Crippen molar-refractivity contribution in [1.29, 1.82) is 0 Å². The summed E-state index contributed by atoms with van der Waals surface area (Å²) in [5.41, 5.74) is 0.898. The third kappa shape index (κ3) is 3.74. The molecule has 1 N–H and O–H groups in total. The van der Waals surface area contributed by atoms with E-state index in [1.807, 2.05) is 6.07 Å². The van der Waals surface area contributed by atoms with Gasteiger partial charge in [-0.1, -0.05) is 15.9 Å². The van der Waals surface area contributed by atoms with Gasteiger partial charge in [-0.15, -0.1) is 0 Å². The zero-order chi connectivity index (χ0) is 14.6. The molecule has 1 aromatic carbocycles. The molecule has 1 fully saturated rings. The van der Waals surface area contributed by atoms with Gasteiger partial charge in [-0.2, -0.15) is 0 Å². The highest BCUT2D eigenvalue weighted by Crippen LogP contribution is 2.32. The number of hydrogen-bond donors (Lipinski definition) is 1. The van der Waals surface area contributed by atoms with Gasteiger partial charge in [-0.25, -0.2) is 0 Å². The first-order chi connectivity index (χ1) is 9.60. The van der Waals surface area contributed by atoms with E-state index >= 15 is 0 Å². The molecule has 1 aliphatic rings. The van der Waals surface area contributed by atoms with E-state index in [0.29, 0.717) is 13.2 Å². The zero-order valence-corrected chi connectivity index (χ0v) is 14.8. The second kappa shape index (κ2) is 7.22. The van der Waals surface area contributed by atoms with Gasteiger partial charge in [0, 0.05) is 43.3 Å². The summed E-state index contributed by atoms with van der Waals surface area (Å²) in [6, 6.07) is 4.03. The number of ether oxygens (including phenoxy) is 3. The summed E-state index contributed by atoms with van der Waals surface area (Å²) in [5.74, 6) is 0.856. The van der Waals surface area contributed by atoms with Crippen molar-refractivity contribution in [2.45, 2.75) is 18.6 Å². The fourth-order valence-electron chi connectivity index (χ4n) is 2.36. The standard InChI is InChI=1S/C14H19Br2NO3/c1-18-13-10(5-11(15)6-12(13)16)7-17-8-14(19-2)3-4-20-9-14/h5-6,17H,3-4,7-9H2,1-2H3. The summed E-state index contributed by atoms with van der Waals surface area (Å²) in [5, 5.41) is 3.44. The van der Waals surface area contributed by atoms with Gasteiger partial charge in [0.15, 0.2) is 0 Å². The van der Waals surface area contributed by atoms with Crippen LogP contribution in [0.1, 0.15) is 12.0 Å². The zero-order valence-electron chi connectivity index (χ0n) is 11.7. The Morgan fingerprint density at radius 2 is 2.15 bits per heavy atom. The van der Waals surface area contributed by atoms with Crippen molar-refractivity contribution in [1.82, 2.24) is 5.32 Å². The van der Waals surface area contributed by atoms with E-state index in [2.05, 4.69) is 43.2 Å². The molecule has 0 saturated carbocycles. The third-order valence-corrected chi connectivity index (χ3v) is 4.60. The number of nitrogens with one attached hydrogen (secondary N) is 1. The van der Waals surface area contributed by atoms with Crippen LogP contribution in [-0.4, -0.2) is 39.6 Å². The van der Waals surface area contributed by atoms with Crippen molar-refractivity contribution >= 4 is 31.9 Å². The number of benzene rings is 1. The van der Waals surface area contributed by atoms with Crippen LogP contribution in [0.5, 0.6) is 5.75 Å². The van der Waals surface area contributed by atoms with Crippen LogP contribution >= 0.6 is 31.9 Å². The van der Waals surface area contributed by atoms with Crippen molar-refractivity contribution in [2.75, 3.05) is 34.0 Å². The normalized spacial score (nSPS) is 22.2. The average molecular weight is 409 g/mol. The van der Waals surface area contributed by atoms with E-state index in [1.54, 1.807) is 14.2 Å². The monoisotopic (exact) mass is 407 g/mol. The second-order valence-corrected chi connectivity index (χ2v) is 6.64. The summed E-state index contributed by atoms with van der Waals surface area (Å²) < 4.78 is 18.4. The van der Waals surface area contributed by atoms with Gasteiger partial charge >= 0.3 is 0 Å². The fraction of sp³-hybridized carbons (Fsp3) is 0.571. The molecule has 1 aromatic rings.